The third-order valence-electron chi connectivity index (χ3n) is 10.2. The number of hydrogen-bond donors (Lipinski definition) is 0. The van der Waals surface area contributed by atoms with Crippen molar-refractivity contribution in [2.75, 3.05) is 9.80 Å². The van der Waals surface area contributed by atoms with E-state index in [4.69, 9.17) is 0 Å². The largest absolute Gasteiger partial charge is 0.332 e. The maximum Gasteiger partial charge on any atom is 0.0991 e. The van der Waals surface area contributed by atoms with Crippen molar-refractivity contribution < 1.29 is 0 Å². The van der Waals surface area contributed by atoms with Gasteiger partial charge in [0.05, 0.1) is 35.2 Å². The van der Waals surface area contributed by atoms with Crippen LogP contribution in [0.2, 0.25) is 0 Å². The van der Waals surface area contributed by atoms with Gasteiger partial charge >= 0.3 is 0 Å². The molecule has 0 saturated heterocycles. The van der Waals surface area contributed by atoms with Crippen LogP contribution in [-0.2, 0) is 5.41 Å². The highest BCUT2D eigenvalue weighted by atomic mass is 15.2. The summed E-state index contributed by atoms with van der Waals surface area (Å²) >= 11 is 0. The molecule has 4 nitrogen and oxygen atoms in total. The number of fused-ring (bicyclic) bond motifs is 1. The van der Waals surface area contributed by atoms with E-state index in [2.05, 4.69) is 162 Å². The number of para-hydroxylation sites is 1. The van der Waals surface area contributed by atoms with Crippen molar-refractivity contribution in [2.24, 2.45) is 0 Å². The van der Waals surface area contributed by atoms with Gasteiger partial charge in [0.25, 0.3) is 0 Å². The normalized spacial score (nSPS) is 15.2. The van der Waals surface area contributed by atoms with E-state index in [0.29, 0.717) is 5.56 Å². The second-order valence-electron chi connectivity index (χ2n) is 13.2. The topological polar surface area (TPSA) is 43.2 Å². The molecule has 2 heterocycles. The quantitative estimate of drug-likeness (QED) is 0.180. The highest BCUT2D eigenvalue weighted by Crippen LogP contribution is 2.57. The average Bonchev–Trinajstić information content (AvgIpc) is 3.37. The molecule has 0 amide bonds. The van der Waals surface area contributed by atoms with Gasteiger partial charge in [0.15, 0.2) is 0 Å². The first-order valence-electron chi connectivity index (χ1n) is 16.4. The van der Waals surface area contributed by atoms with E-state index in [1.54, 1.807) is 0 Å². The molecule has 228 valence electrons. The van der Waals surface area contributed by atoms with Crippen molar-refractivity contribution in [1.82, 2.24) is 4.98 Å². The van der Waals surface area contributed by atoms with Gasteiger partial charge in [-0.3, -0.25) is 4.98 Å². The minimum atomic E-state index is -0.249. The van der Waals surface area contributed by atoms with Gasteiger partial charge in [-0.05, 0) is 87.3 Å². The van der Waals surface area contributed by atoms with Crippen molar-refractivity contribution in [3.8, 4) is 6.07 Å². The number of rotatable bonds is 5. The molecule has 0 bridgehead atoms. The number of pyridine rings is 1. The Morgan fingerprint density at radius 3 is 2.04 bits per heavy atom. The van der Waals surface area contributed by atoms with Gasteiger partial charge in [-0.2, -0.15) is 5.26 Å². The molecule has 1 unspecified atom stereocenters. The van der Waals surface area contributed by atoms with Gasteiger partial charge in [-0.1, -0.05) is 98.8 Å². The molecule has 7 aromatic carbocycles. The molecule has 48 heavy (non-hydrogen) atoms. The zero-order valence-corrected chi connectivity index (χ0v) is 26.8. The fraction of sp³-hybridized carbons (Fsp3) is 0.0909. The zero-order valence-electron chi connectivity index (χ0n) is 26.8. The number of aromatic nitrogens is 1. The van der Waals surface area contributed by atoms with Gasteiger partial charge in [0.2, 0.25) is 0 Å². The Bertz CT molecular complexity index is 2460. The van der Waals surface area contributed by atoms with Crippen LogP contribution in [0.5, 0.6) is 0 Å². The van der Waals surface area contributed by atoms with Crippen LogP contribution in [0.25, 0.3) is 32.3 Å². The molecule has 0 N–H and O–H groups in total. The zero-order chi connectivity index (χ0) is 32.4. The fourth-order valence-corrected chi connectivity index (χ4v) is 8.08. The van der Waals surface area contributed by atoms with E-state index in [1.165, 1.54) is 49.1 Å². The lowest BCUT2D eigenvalue weighted by molar-refractivity contribution is 0.449. The van der Waals surface area contributed by atoms with E-state index < -0.39 is 0 Å². The summed E-state index contributed by atoms with van der Waals surface area (Å²) in [6.07, 6.45) is 3.75. The lowest BCUT2D eigenvalue weighted by Gasteiger charge is -2.36. The third-order valence-corrected chi connectivity index (χ3v) is 10.2. The van der Waals surface area contributed by atoms with E-state index in [0.717, 1.165) is 22.7 Å². The minimum Gasteiger partial charge on any atom is -0.332 e. The van der Waals surface area contributed by atoms with Crippen molar-refractivity contribution in [1.29, 1.82) is 5.26 Å². The maximum atomic E-state index is 9.84. The second-order valence-corrected chi connectivity index (χ2v) is 13.2. The molecule has 4 heteroatoms. The fourth-order valence-electron chi connectivity index (χ4n) is 8.08. The summed E-state index contributed by atoms with van der Waals surface area (Å²) in [5.41, 5.74) is 8.40. The number of nitrogens with zero attached hydrogens (tertiary/aromatic N) is 4. The average molecular weight is 617 g/mol. The molecular weight excluding hydrogens is 585 g/mol. The molecule has 0 aliphatic carbocycles. The van der Waals surface area contributed by atoms with Crippen LogP contribution in [0.1, 0.15) is 36.6 Å². The van der Waals surface area contributed by atoms with Gasteiger partial charge in [-0.25, -0.2) is 0 Å². The van der Waals surface area contributed by atoms with Crippen LogP contribution >= 0.6 is 0 Å². The van der Waals surface area contributed by atoms with E-state index in [-0.39, 0.29) is 11.5 Å². The molecular formula is C44H32N4. The van der Waals surface area contributed by atoms with Gasteiger partial charge < -0.3 is 9.80 Å². The first kappa shape index (κ1) is 28.1. The number of nitriles is 1. The molecule has 9 rings (SSSR count). The van der Waals surface area contributed by atoms with Crippen LogP contribution in [0.4, 0.5) is 28.4 Å². The first-order valence-corrected chi connectivity index (χ1v) is 16.4. The minimum absolute atomic E-state index is 0.0378. The van der Waals surface area contributed by atoms with Crippen LogP contribution in [-0.4, -0.2) is 4.98 Å². The summed E-state index contributed by atoms with van der Waals surface area (Å²) in [5.74, 6) is 0. The van der Waals surface area contributed by atoms with Gasteiger partial charge in [-0.15, -0.1) is 0 Å². The van der Waals surface area contributed by atoms with Gasteiger partial charge in [0.1, 0.15) is 0 Å². The summed E-state index contributed by atoms with van der Waals surface area (Å²) in [6.45, 7) is 4.62. The lowest BCUT2D eigenvalue weighted by Crippen LogP contribution is -2.31. The second kappa shape index (κ2) is 10.7. The smallest absolute Gasteiger partial charge is 0.0991 e. The van der Waals surface area contributed by atoms with Crippen molar-refractivity contribution >= 4 is 60.8 Å². The van der Waals surface area contributed by atoms with Crippen molar-refractivity contribution in [3.05, 3.63) is 169 Å². The van der Waals surface area contributed by atoms with Crippen LogP contribution in [0.15, 0.2) is 152 Å². The summed E-state index contributed by atoms with van der Waals surface area (Å²) in [7, 11) is 0. The number of hydrogen-bond acceptors (Lipinski definition) is 4. The highest BCUT2D eigenvalue weighted by molar-refractivity contribution is 6.28. The van der Waals surface area contributed by atoms with Crippen LogP contribution < -0.4 is 9.80 Å². The standard InChI is InChI=1S/C44H32N4/c1-44(2)37-26-29(27-45)15-22-40(37)48(43(44)32-10-5-3-6-11-32)39-24-19-31-16-20-35-38(23-18-30-17-21-36(39)42(31)41(30)35)47(33-12-7-4-8-13-33)34-14-9-25-46-28-34/h3-26,28,43H,1-2H3. The molecule has 1 atom stereocenters. The number of benzene rings is 7. The molecule has 0 saturated carbocycles. The molecule has 0 fully saturated rings. The Labute approximate surface area is 280 Å². The summed E-state index contributed by atoms with van der Waals surface area (Å²) in [5, 5.41) is 17.2. The summed E-state index contributed by atoms with van der Waals surface area (Å²) < 4.78 is 0. The maximum absolute atomic E-state index is 9.84. The van der Waals surface area contributed by atoms with Crippen LogP contribution in [0, 0.1) is 11.3 Å². The van der Waals surface area contributed by atoms with E-state index in [1.807, 2.05) is 24.5 Å². The summed E-state index contributed by atoms with van der Waals surface area (Å²) in [6, 6.07) is 52.2. The van der Waals surface area contributed by atoms with Crippen molar-refractivity contribution in [3.63, 3.8) is 0 Å². The predicted octanol–water partition coefficient (Wildman–Crippen LogP) is 11.5. The first-order chi connectivity index (χ1) is 23.5. The molecule has 0 spiro atoms. The SMILES string of the molecule is CC1(C)c2cc(C#N)ccc2N(c2ccc3ccc4c(N(c5ccccc5)c5cccnc5)ccc5ccc2c3c54)C1c1ccccc1. The van der Waals surface area contributed by atoms with Gasteiger partial charge in [0, 0.05) is 39.4 Å². The monoisotopic (exact) mass is 616 g/mol. The Balaban J connectivity index is 1.32. The predicted molar refractivity (Wildman–Crippen MR) is 198 cm³/mol. The molecule has 1 aliphatic rings. The molecule has 0 radical (unpaired) electrons. The van der Waals surface area contributed by atoms with Crippen LogP contribution in [0.3, 0.4) is 0 Å². The molecule has 1 aliphatic heterocycles. The van der Waals surface area contributed by atoms with E-state index >= 15 is 0 Å². The summed E-state index contributed by atoms with van der Waals surface area (Å²) in [4.78, 5) is 9.30. The number of anilines is 5. The highest BCUT2D eigenvalue weighted by Gasteiger charge is 2.46. The molecule has 1 aromatic heterocycles. The third kappa shape index (κ3) is 4.11. The van der Waals surface area contributed by atoms with Crippen molar-refractivity contribution in [2.45, 2.75) is 25.3 Å². The Kier molecular flexibility index (Phi) is 6.25. The van der Waals surface area contributed by atoms with E-state index in [9.17, 15) is 5.26 Å². The molecule has 8 aromatic rings. The Hall–Kier alpha value is -6.18. The lowest BCUT2D eigenvalue weighted by atomic mass is 9.77. The Morgan fingerprint density at radius 1 is 0.667 bits per heavy atom. The Morgan fingerprint density at radius 2 is 1.31 bits per heavy atom.